The number of ether oxygens (including phenoxy) is 3. The number of piperidine rings is 1. The Kier molecular flexibility index (Phi) is 5.60. The number of nitrogens with zero attached hydrogens (tertiary/aromatic N) is 1. The molecule has 1 aliphatic carbocycles. The molecule has 1 amide bonds. The van der Waals surface area contributed by atoms with Gasteiger partial charge in [0.1, 0.15) is 6.10 Å². The van der Waals surface area contributed by atoms with E-state index in [4.69, 9.17) is 14.2 Å². The third-order valence-corrected chi connectivity index (χ3v) is 5.71. The molecule has 0 bridgehead atoms. The van der Waals surface area contributed by atoms with Gasteiger partial charge in [-0.3, -0.25) is 4.79 Å². The largest absolute Gasteiger partial charge is 0.365 e. The van der Waals surface area contributed by atoms with E-state index in [0.29, 0.717) is 25.2 Å². The van der Waals surface area contributed by atoms with Crippen molar-refractivity contribution in [3.05, 3.63) is 0 Å². The maximum atomic E-state index is 12.8. The van der Waals surface area contributed by atoms with Gasteiger partial charge in [-0.1, -0.05) is 19.8 Å². The Morgan fingerprint density at radius 1 is 1.17 bits per heavy atom. The lowest BCUT2D eigenvalue weighted by Gasteiger charge is -2.40. The van der Waals surface area contributed by atoms with E-state index in [0.717, 1.165) is 45.2 Å². The van der Waals surface area contributed by atoms with E-state index >= 15 is 0 Å². The molecule has 5 heteroatoms. The second kappa shape index (κ2) is 7.49. The standard InChI is InChI=1S/C18H31NO4/c1-3-16(23-15-6-4-5-7-15)17(20)19-10-8-14(9-11-19)18(2)21-12-13-22-18/h14-16H,3-13H2,1-2H3/t16-/m0/s1. The zero-order valence-corrected chi connectivity index (χ0v) is 14.6. The summed E-state index contributed by atoms with van der Waals surface area (Å²) >= 11 is 0. The molecule has 1 saturated carbocycles. The Hall–Kier alpha value is -0.650. The quantitative estimate of drug-likeness (QED) is 0.780. The lowest BCUT2D eigenvalue weighted by Crippen LogP contribution is -2.49. The molecule has 0 aromatic heterocycles. The molecule has 0 aromatic rings. The highest BCUT2D eigenvalue weighted by Crippen LogP contribution is 2.35. The van der Waals surface area contributed by atoms with Crippen LogP contribution in [0.25, 0.3) is 0 Å². The predicted octanol–water partition coefficient (Wildman–Crippen LogP) is 2.73. The number of rotatable bonds is 5. The Bertz CT molecular complexity index is 394. The van der Waals surface area contributed by atoms with Crippen LogP contribution < -0.4 is 0 Å². The Morgan fingerprint density at radius 3 is 2.35 bits per heavy atom. The van der Waals surface area contributed by atoms with Gasteiger partial charge in [-0.15, -0.1) is 0 Å². The van der Waals surface area contributed by atoms with Gasteiger partial charge in [0.2, 0.25) is 0 Å². The minimum Gasteiger partial charge on any atom is -0.365 e. The number of hydrogen-bond donors (Lipinski definition) is 0. The van der Waals surface area contributed by atoms with Crippen LogP contribution in [0, 0.1) is 5.92 Å². The fraction of sp³-hybridized carbons (Fsp3) is 0.944. The molecule has 2 aliphatic heterocycles. The molecule has 23 heavy (non-hydrogen) atoms. The molecule has 132 valence electrons. The van der Waals surface area contributed by atoms with Gasteiger partial charge in [0, 0.05) is 19.0 Å². The summed E-state index contributed by atoms with van der Waals surface area (Å²) in [4.78, 5) is 14.7. The van der Waals surface area contributed by atoms with Crippen molar-refractivity contribution in [2.24, 2.45) is 5.92 Å². The first-order valence-electron chi connectivity index (χ1n) is 9.34. The van der Waals surface area contributed by atoms with E-state index in [2.05, 4.69) is 0 Å². The van der Waals surface area contributed by atoms with E-state index in [1.54, 1.807) is 0 Å². The highest BCUT2D eigenvalue weighted by atomic mass is 16.7. The van der Waals surface area contributed by atoms with Crippen molar-refractivity contribution in [2.45, 2.75) is 76.8 Å². The molecule has 2 saturated heterocycles. The summed E-state index contributed by atoms with van der Waals surface area (Å²) in [6, 6.07) is 0. The van der Waals surface area contributed by atoms with Gasteiger partial charge in [0.25, 0.3) is 5.91 Å². The van der Waals surface area contributed by atoms with Crippen LogP contribution in [0.3, 0.4) is 0 Å². The van der Waals surface area contributed by atoms with Crippen LogP contribution in [0.5, 0.6) is 0 Å². The van der Waals surface area contributed by atoms with E-state index in [1.807, 2.05) is 18.7 Å². The van der Waals surface area contributed by atoms with Gasteiger partial charge in [-0.25, -0.2) is 0 Å². The molecule has 1 atom stereocenters. The highest BCUT2D eigenvalue weighted by Gasteiger charge is 2.42. The summed E-state index contributed by atoms with van der Waals surface area (Å²) < 4.78 is 17.6. The van der Waals surface area contributed by atoms with Gasteiger partial charge in [-0.2, -0.15) is 0 Å². The van der Waals surface area contributed by atoms with Crippen molar-refractivity contribution in [3.63, 3.8) is 0 Å². The summed E-state index contributed by atoms with van der Waals surface area (Å²) in [5, 5.41) is 0. The summed E-state index contributed by atoms with van der Waals surface area (Å²) in [7, 11) is 0. The van der Waals surface area contributed by atoms with Gasteiger partial charge in [0.05, 0.1) is 19.3 Å². The van der Waals surface area contributed by atoms with E-state index < -0.39 is 5.79 Å². The minimum absolute atomic E-state index is 0.177. The first-order chi connectivity index (χ1) is 11.1. The van der Waals surface area contributed by atoms with Crippen LogP contribution in [0.2, 0.25) is 0 Å². The number of carbonyl (C=O) groups excluding carboxylic acids is 1. The third-order valence-electron chi connectivity index (χ3n) is 5.71. The van der Waals surface area contributed by atoms with E-state index in [-0.39, 0.29) is 12.0 Å². The Labute approximate surface area is 139 Å². The number of likely N-dealkylation sites (tertiary alicyclic amines) is 1. The first kappa shape index (κ1) is 17.2. The predicted molar refractivity (Wildman–Crippen MR) is 87.0 cm³/mol. The minimum atomic E-state index is -0.445. The third kappa shape index (κ3) is 3.89. The van der Waals surface area contributed by atoms with Crippen LogP contribution >= 0.6 is 0 Å². The van der Waals surface area contributed by atoms with E-state index in [9.17, 15) is 4.79 Å². The first-order valence-corrected chi connectivity index (χ1v) is 9.34. The maximum Gasteiger partial charge on any atom is 0.251 e. The molecule has 0 unspecified atom stereocenters. The van der Waals surface area contributed by atoms with Crippen molar-refractivity contribution in [3.8, 4) is 0 Å². The second-order valence-corrected chi connectivity index (χ2v) is 7.25. The number of carbonyl (C=O) groups is 1. The van der Waals surface area contributed by atoms with Crippen molar-refractivity contribution in [1.82, 2.24) is 4.90 Å². The summed E-state index contributed by atoms with van der Waals surface area (Å²) in [6.45, 7) is 7.03. The van der Waals surface area contributed by atoms with Gasteiger partial charge < -0.3 is 19.1 Å². The summed E-state index contributed by atoms with van der Waals surface area (Å²) in [5.41, 5.74) is 0. The molecular weight excluding hydrogens is 294 g/mol. The van der Waals surface area contributed by atoms with Crippen LogP contribution in [0.1, 0.15) is 58.8 Å². The molecule has 0 N–H and O–H groups in total. The molecule has 3 rings (SSSR count). The molecule has 3 fully saturated rings. The topological polar surface area (TPSA) is 48.0 Å². The smallest absolute Gasteiger partial charge is 0.251 e. The van der Waals surface area contributed by atoms with Crippen LogP contribution in [-0.2, 0) is 19.0 Å². The van der Waals surface area contributed by atoms with Gasteiger partial charge >= 0.3 is 0 Å². The molecule has 0 spiro atoms. The lowest BCUT2D eigenvalue weighted by molar-refractivity contribution is -0.192. The zero-order chi connectivity index (χ0) is 16.3. The lowest BCUT2D eigenvalue weighted by atomic mass is 9.89. The van der Waals surface area contributed by atoms with Gasteiger partial charge in [-0.05, 0) is 39.0 Å². The molecule has 2 heterocycles. The van der Waals surface area contributed by atoms with Crippen molar-refractivity contribution >= 4 is 5.91 Å². The zero-order valence-electron chi connectivity index (χ0n) is 14.6. The van der Waals surface area contributed by atoms with Crippen molar-refractivity contribution in [2.75, 3.05) is 26.3 Å². The SMILES string of the molecule is CC[C@H](OC1CCCC1)C(=O)N1CCC(C2(C)OCCO2)CC1. The molecular formula is C18H31NO4. The number of hydrogen-bond acceptors (Lipinski definition) is 4. The van der Waals surface area contributed by atoms with Crippen LogP contribution in [-0.4, -0.2) is 55.1 Å². The molecule has 0 aromatic carbocycles. The fourth-order valence-corrected chi connectivity index (χ4v) is 4.18. The summed E-state index contributed by atoms with van der Waals surface area (Å²) in [6.07, 6.45) is 7.38. The average Bonchev–Trinajstić information content (AvgIpc) is 3.24. The maximum absolute atomic E-state index is 12.8. The normalized spacial score (nSPS) is 27.5. The molecule has 3 aliphatic rings. The van der Waals surface area contributed by atoms with Crippen LogP contribution in [0.15, 0.2) is 0 Å². The average molecular weight is 325 g/mol. The Balaban J connectivity index is 1.50. The monoisotopic (exact) mass is 325 g/mol. The van der Waals surface area contributed by atoms with Crippen molar-refractivity contribution in [1.29, 1.82) is 0 Å². The van der Waals surface area contributed by atoms with Crippen molar-refractivity contribution < 1.29 is 19.0 Å². The molecule has 5 nitrogen and oxygen atoms in total. The van der Waals surface area contributed by atoms with Crippen LogP contribution in [0.4, 0.5) is 0 Å². The highest BCUT2D eigenvalue weighted by molar-refractivity contribution is 5.81. The molecule has 0 radical (unpaired) electrons. The van der Waals surface area contributed by atoms with E-state index in [1.165, 1.54) is 12.8 Å². The Morgan fingerprint density at radius 2 is 1.78 bits per heavy atom. The fourth-order valence-electron chi connectivity index (χ4n) is 4.18. The number of amides is 1. The second-order valence-electron chi connectivity index (χ2n) is 7.25. The summed E-state index contributed by atoms with van der Waals surface area (Å²) in [5.74, 6) is 0.112. The van der Waals surface area contributed by atoms with Gasteiger partial charge in [0.15, 0.2) is 5.79 Å².